The Kier molecular flexibility index (Phi) is 8.51. The number of ether oxygens (including phenoxy) is 1. The van der Waals surface area contributed by atoms with Gasteiger partial charge in [-0.3, -0.25) is 14.1 Å². The normalized spacial score (nSPS) is 18.8. The van der Waals surface area contributed by atoms with Crippen molar-refractivity contribution in [2.24, 2.45) is 5.41 Å². The fourth-order valence-electron chi connectivity index (χ4n) is 5.11. The molecule has 0 bridgehead atoms. The number of carbonyl (C=O) groups is 1. The van der Waals surface area contributed by atoms with Gasteiger partial charge in [0.2, 0.25) is 0 Å². The summed E-state index contributed by atoms with van der Waals surface area (Å²) in [5.74, 6) is -0.438. The third-order valence-electron chi connectivity index (χ3n) is 7.18. The van der Waals surface area contributed by atoms with Crippen molar-refractivity contribution >= 4 is 27.5 Å². The molecule has 4 nitrogen and oxygen atoms in total. The van der Waals surface area contributed by atoms with Crippen molar-refractivity contribution in [1.29, 1.82) is 0 Å². The van der Waals surface area contributed by atoms with Crippen LogP contribution < -0.4 is 4.74 Å². The second-order valence-electron chi connectivity index (χ2n) is 10.5. The van der Waals surface area contributed by atoms with Gasteiger partial charge in [-0.2, -0.15) is 0 Å². The molecule has 1 aliphatic carbocycles. The summed E-state index contributed by atoms with van der Waals surface area (Å²) in [7, 11) is 0. The maximum atomic E-state index is 15.7. The monoisotopic (exact) mass is 561 g/mol. The first-order valence-electron chi connectivity index (χ1n) is 12.7. The summed E-state index contributed by atoms with van der Waals surface area (Å²) in [6.07, 6.45) is 3.94. The maximum absolute atomic E-state index is 15.7. The van der Waals surface area contributed by atoms with Crippen LogP contribution in [-0.4, -0.2) is 48.4 Å². The van der Waals surface area contributed by atoms with Gasteiger partial charge in [0.1, 0.15) is 17.7 Å². The number of hydrogen-bond donors (Lipinski definition) is 1. The Hall–Kier alpha value is -2.25. The van der Waals surface area contributed by atoms with E-state index in [0.717, 1.165) is 65.8 Å². The summed E-state index contributed by atoms with van der Waals surface area (Å²) in [6, 6.07) is 11.6. The van der Waals surface area contributed by atoms with Crippen LogP contribution in [0.2, 0.25) is 0 Å². The second-order valence-corrected chi connectivity index (χ2v) is 11.4. The molecule has 4 rings (SSSR count). The van der Waals surface area contributed by atoms with Gasteiger partial charge in [-0.05, 0) is 92.3 Å². The maximum Gasteiger partial charge on any atom is 0.309 e. The van der Waals surface area contributed by atoms with Gasteiger partial charge in [-0.25, -0.2) is 4.39 Å². The number of likely N-dealkylation sites (tertiary alicyclic amines) is 1. The zero-order valence-corrected chi connectivity index (χ0v) is 22.5. The van der Waals surface area contributed by atoms with Crippen molar-refractivity contribution in [3.05, 3.63) is 69.0 Å². The SMILES string of the molecule is CC(C)(Cc1ccc2c(c1F)CCCC(Br)=C2c1ccc(O[C@H]2CCN(CCCF)C2)cc1)C(=O)O. The van der Waals surface area contributed by atoms with E-state index in [-0.39, 0.29) is 25.0 Å². The molecule has 0 spiro atoms. The molecule has 1 N–H and O–H groups in total. The molecule has 194 valence electrons. The topological polar surface area (TPSA) is 49.8 Å². The number of allylic oxidation sites excluding steroid dienone is 1. The van der Waals surface area contributed by atoms with Crippen LogP contribution in [0.15, 0.2) is 40.9 Å². The molecule has 0 saturated carbocycles. The van der Waals surface area contributed by atoms with Crippen LogP contribution in [0.1, 0.15) is 61.8 Å². The molecule has 1 atom stereocenters. The van der Waals surface area contributed by atoms with E-state index in [1.54, 1.807) is 19.9 Å². The molecule has 36 heavy (non-hydrogen) atoms. The van der Waals surface area contributed by atoms with Crippen molar-refractivity contribution in [2.75, 3.05) is 26.3 Å². The zero-order valence-electron chi connectivity index (χ0n) is 21.0. The van der Waals surface area contributed by atoms with Crippen LogP contribution in [-0.2, 0) is 17.6 Å². The van der Waals surface area contributed by atoms with Gasteiger partial charge >= 0.3 is 5.97 Å². The molecular formula is C29H34BrF2NO3. The van der Waals surface area contributed by atoms with Gasteiger partial charge in [0.05, 0.1) is 12.1 Å². The first kappa shape index (κ1) is 26.8. The van der Waals surface area contributed by atoms with Gasteiger partial charge < -0.3 is 9.84 Å². The lowest BCUT2D eigenvalue weighted by molar-refractivity contribution is -0.146. The lowest BCUT2D eigenvalue weighted by Gasteiger charge is -2.22. The molecule has 0 amide bonds. The number of halogens is 3. The first-order chi connectivity index (χ1) is 17.2. The highest BCUT2D eigenvalue weighted by atomic mass is 79.9. The van der Waals surface area contributed by atoms with Crippen molar-refractivity contribution < 1.29 is 23.4 Å². The average Bonchev–Trinajstić information content (AvgIpc) is 3.21. The van der Waals surface area contributed by atoms with Crippen LogP contribution in [0.25, 0.3) is 5.57 Å². The molecule has 2 aliphatic rings. The molecule has 0 radical (unpaired) electrons. The molecule has 2 aromatic carbocycles. The highest BCUT2D eigenvalue weighted by Gasteiger charge is 2.30. The molecular weight excluding hydrogens is 528 g/mol. The predicted octanol–water partition coefficient (Wildman–Crippen LogP) is 6.78. The highest BCUT2D eigenvalue weighted by Crippen LogP contribution is 2.40. The van der Waals surface area contributed by atoms with Gasteiger partial charge in [0, 0.05) is 24.1 Å². The molecule has 1 fully saturated rings. The van der Waals surface area contributed by atoms with Crippen molar-refractivity contribution in [2.45, 2.75) is 58.5 Å². The molecule has 2 aromatic rings. The fourth-order valence-corrected chi connectivity index (χ4v) is 5.84. The minimum atomic E-state index is -1.04. The molecule has 0 aromatic heterocycles. The van der Waals surface area contributed by atoms with Gasteiger partial charge in [-0.1, -0.05) is 40.2 Å². The summed E-state index contributed by atoms with van der Waals surface area (Å²) < 4.78 is 35.3. The summed E-state index contributed by atoms with van der Waals surface area (Å²) in [5.41, 5.74) is 2.85. The van der Waals surface area contributed by atoms with E-state index in [1.165, 1.54) is 0 Å². The standard InChI is InChI=1S/C29H34BrF2NO3/c1-29(2,28(34)35)17-20-9-12-23-24(27(20)32)5-3-6-25(30)26(23)19-7-10-21(11-8-19)36-22-13-16-33(18-22)15-4-14-31/h7-12,22H,3-6,13-18H2,1-2H3,(H,34,35)/t22-/m0/s1. The number of alkyl halides is 1. The highest BCUT2D eigenvalue weighted by molar-refractivity contribution is 9.11. The number of aliphatic carboxylic acids is 1. The summed E-state index contributed by atoms with van der Waals surface area (Å²) in [6.45, 7) is 5.47. The van der Waals surface area contributed by atoms with E-state index in [9.17, 15) is 14.3 Å². The number of hydrogen-bond acceptors (Lipinski definition) is 3. The van der Waals surface area contributed by atoms with E-state index < -0.39 is 11.4 Å². The number of carboxylic acids is 1. The van der Waals surface area contributed by atoms with Crippen molar-refractivity contribution in [3.63, 3.8) is 0 Å². The van der Waals surface area contributed by atoms with E-state index in [2.05, 4.69) is 20.8 Å². The van der Waals surface area contributed by atoms with Gasteiger partial charge in [0.25, 0.3) is 0 Å². The number of rotatable bonds is 9. The number of nitrogens with zero attached hydrogens (tertiary/aromatic N) is 1. The van der Waals surface area contributed by atoms with Gasteiger partial charge in [-0.15, -0.1) is 0 Å². The van der Waals surface area contributed by atoms with Crippen LogP contribution in [0.4, 0.5) is 8.78 Å². The van der Waals surface area contributed by atoms with Crippen molar-refractivity contribution in [3.8, 4) is 5.75 Å². The molecule has 1 aliphatic heterocycles. The summed E-state index contributed by atoms with van der Waals surface area (Å²) >= 11 is 3.75. The van der Waals surface area contributed by atoms with Crippen LogP contribution in [0.3, 0.4) is 0 Å². The van der Waals surface area contributed by atoms with E-state index >= 15 is 4.39 Å². The smallest absolute Gasteiger partial charge is 0.309 e. The zero-order chi connectivity index (χ0) is 25.9. The fraction of sp³-hybridized carbons (Fsp3) is 0.483. The molecule has 1 saturated heterocycles. The molecule has 1 heterocycles. The van der Waals surface area contributed by atoms with Crippen LogP contribution in [0, 0.1) is 11.2 Å². The quantitative estimate of drug-likeness (QED) is 0.366. The Morgan fingerprint density at radius 1 is 1.19 bits per heavy atom. The summed E-state index contributed by atoms with van der Waals surface area (Å²) in [4.78, 5) is 13.8. The minimum Gasteiger partial charge on any atom is -0.489 e. The Labute approximate surface area is 220 Å². The third-order valence-corrected chi connectivity index (χ3v) is 7.97. The molecule has 0 unspecified atom stereocenters. The molecule has 7 heteroatoms. The van der Waals surface area contributed by atoms with E-state index in [0.29, 0.717) is 24.0 Å². The Morgan fingerprint density at radius 3 is 2.64 bits per heavy atom. The Morgan fingerprint density at radius 2 is 1.94 bits per heavy atom. The average molecular weight is 562 g/mol. The first-order valence-corrected chi connectivity index (χ1v) is 13.5. The second kappa shape index (κ2) is 11.4. The third kappa shape index (κ3) is 6.00. The van der Waals surface area contributed by atoms with Gasteiger partial charge in [0.15, 0.2) is 0 Å². The van der Waals surface area contributed by atoms with E-state index in [4.69, 9.17) is 4.74 Å². The number of carboxylic acid groups (broad SMARTS) is 1. The lowest BCUT2D eigenvalue weighted by atomic mass is 9.83. The Balaban J connectivity index is 1.55. The Bertz CT molecular complexity index is 1130. The lowest BCUT2D eigenvalue weighted by Crippen LogP contribution is -2.26. The van der Waals surface area contributed by atoms with E-state index in [1.807, 2.05) is 30.3 Å². The predicted molar refractivity (Wildman–Crippen MR) is 142 cm³/mol. The number of benzene rings is 2. The van der Waals surface area contributed by atoms with Crippen LogP contribution >= 0.6 is 15.9 Å². The van der Waals surface area contributed by atoms with Crippen LogP contribution in [0.5, 0.6) is 5.75 Å². The van der Waals surface area contributed by atoms with Crippen molar-refractivity contribution in [1.82, 2.24) is 4.90 Å². The summed E-state index contributed by atoms with van der Waals surface area (Å²) in [5, 5.41) is 9.50. The largest absolute Gasteiger partial charge is 0.489 e. The number of fused-ring (bicyclic) bond motifs is 1. The minimum absolute atomic E-state index is 0.0996.